The molecule has 82 valence electrons. The fourth-order valence-corrected chi connectivity index (χ4v) is 6.13. The van der Waals surface area contributed by atoms with E-state index in [4.69, 9.17) is 0 Å². The third-order valence-corrected chi connectivity index (χ3v) is 7.81. The van der Waals surface area contributed by atoms with E-state index < -0.39 is 16.5 Å². The van der Waals surface area contributed by atoms with Crippen molar-refractivity contribution in [2.24, 2.45) is 0 Å². The van der Waals surface area contributed by atoms with Crippen LogP contribution in [0.2, 0.25) is 0 Å². The second kappa shape index (κ2) is 5.12. The monoisotopic (exact) mass is 386 g/mol. The van der Waals surface area contributed by atoms with Crippen LogP contribution in [0.1, 0.15) is 15.6 Å². The van der Waals surface area contributed by atoms with Gasteiger partial charge in [0.1, 0.15) is 0 Å². The summed E-state index contributed by atoms with van der Waals surface area (Å²) < 4.78 is 4.80. The Morgan fingerprint density at radius 3 is 2.50 bits per heavy atom. The van der Waals surface area contributed by atoms with Crippen LogP contribution in [-0.2, 0) is 16.5 Å². The van der Waals surface area contributed by atoms with E-state index in [0.29, 0.717) is 4.43 Å². The third-order valence-electron chi connectivity index (χ3n) is 2.31. The second-order valence-electron chi connectivity index (χ2n) is 3.30. The molecule has 1 aliphatic carbocycles. The molecule has 2 rings (SSSR count). The molecule has 0 saturated heterocycles. The summed E-state index contributed by atoms with van der Waals surface area (Å²) in [5, 5.41) is 0. The number of allylic oxidation sites excluding steroid dienone is 1. The fourth-order valence-electron chi connectivity index (χ4n) is 1.69. The van der Waals surface area contributed by atoms with Crippen LogP contribution in [0.25, 0.3) is 6.08 Å². The van der Waals surface area contributed by atoms with E-state index in [-0.39, 0.29) is 0 Å². The number of hydrogen-bond acceptors (Lipinski definition) is 0. The zero-order chi connectivity index (χ0) is 11.4. The summed E-state index contributed by atoms with van der Waals surface area (Å²) >= 11 is -1.50. The number of hydrogen-bond donors (Lipinski definition) is 0. The zero-order valence-electron chi connectivity index (χ0n) is 8.94. The molecule has 1 unspecified atom stereocenters. The van der Waals surface area contributed by atoms with Crippen LogP contribution in [0.4, 0.5) is 0 Å². The molecule has 1 aromatic rings. The molecule has 0 aliphatic heterocycles. The van der Waals surface area contributed by atoms with E-state index in [2.05, 4.69) is 70.2 Å². The van der Waals surface area contributed by atoms with Crippen LogP contribution < -0.4 is 0 Å². The Kier molecular flexibility index (Phi) is 3.57. The molecule has 1 heteroatoms. The van der Waals surface area contributed by atoms with Crippen molar-refractivity contribution in [2.45, 2.75) is 4.43 Å². The van der Waals surface area contributed by atoms with Gasteiger partial charge in [-0.05, 0) is 0 Å². The summed E-state index contributed by atoms with van der Waals surface area (Å²) in [6.07, 6.45) is 4.50. The molecule has 1 aromatic carbocycles. The second-order valence-corrected chi connectivity index (χ2v) is 8.56. The maximum atomic E-state index is 3.68. The summed E-state index contributed by atoms with van der Waals surface area (Å²) in [5.74, 6) is 0. The molecule has 1 aliphatic rings. The van der Waals surface area contributed by atoms with Gasteiger partial charge in [0.2, 0.25) is 0 Å². The Bertz CT molecular complexity index is 494. The van der Waals surface area contributed by atoms with Gasteiger partial charge >= 0.3 is 102 Å². The van der Waals surface area contributed by atoms with Gasteiger partial charge in [-0.1, -0.05) is 0 Å². The van der Waals surface area contributed by atoms with Crippen molar-refractivity contribution in [3.63, 3.8) is 0 Å². The topological polar surface area (TPSA) is 0 Å². The van der Waals surface area contributed by atoms with Gasteiger partial charge in [0, 0.05) is 0 Å². The van der Waals surface area contributed by atoms with Crippen LogP contribution in [0, 0.1) is 0 Å². The molecule has 0 aromatic heterocycles. The van der Waals surface area contributed by atoms with Crippen molar-refractivity contribution in [1.82, 2.24) is 0 Å². The number of fused-ring (bicyclic) bond motifs is 1. The minimum atomic E-state index is -1.50. The third kappa shape index (κ3) is 2.09. The summed E-state index contributed by atoms with van der Waals surface area (Å²) in [6, 6.07) is 8.56. The van der Waals surface area contributed by atoms with Crippen molar-refractivity contribution in [3.8, 4) is 0 Å². The Morgan fingerprint density at radius 2 is 1.81 bits per heavy atom. The standard InChI is InChI=1S/C9H7.2C3H3.Ir/c1-2-5-9-7-3-6-8(9)4-1;2*1-3-2;/h1-7H;2*1H,2H2;. The molecule has 0 spiro atoms. The summed E-state index contributed by atoms with van der Waals surface area (Å²) in [6.45, 7) is 7.36. The van der Waals surface area contributed by atoms with Crippen molar-refractivity contribution < 1.29 is 16.5 Å². The van der Waals surface area contributed by atoms with E-state index in [1.54, 1.807) is 0 Å². The first-order valence-electron chi connectivity index (χ1n) is 4.93. The molecule has 16 heavy (non-hydrogen) atoms. The van der Waals surface area contributed by atoms with E-state index in [9.17, 15) is 0 Å². The average Bonchev–Trinajstić information content (AvgIpc) is 2.72. The quantitative estimate of drug-likeness (QED) is 0.691. The molecule has 1 atom stereocenters. The molecular weight excluding hydrogens is 372 g/mol. The predicted molar refractivity (Wildman–Crippen MR) is 65.6 cm³/mol. The molecule has 0 fully saturated rings. The predicted octanol–water partition coefficient (Wildman–Crippen LogP) is 3.97. The fraction of sp³-hybridized carbons (Fsp3) is 0.0667. The van der Waals surface area contributed by atoms with Crippen LogP contribution in [0.3, 0.4) is 0 Å². The van der Waals surface area contributed by atoms with Crippen LogP contribution in [0.15, 0.2) is 64.1 Å². The SMILES string of the molecule is C=C=[CH][Ir]([CH]=C=C)[CH]1C=Cc2ccccc21. The summed E-state index contributed by atoms with van der Waals surface area (Å²) in [7, 11) is 0. The van der Waals surface area contributed by atoms with E-state index in [1.165, 1.54) is 11.1 Å². The Morgan fingerprint density at radius 1 is 1.12 bits per heavy atom. The summed E-state index contributed by atoms with van der Waals surface area (Å²) in [4.78, 5) is 0. The normalized spacial score (nSPS) is 17.0. The van der Waals surface area contributed by atoms with Gasteiger partial charge in [-0.15, -0.1) is 0 Å². The van der Waals surface area contributed by atoms with Gasteiger partial charge in [-0.25, -0.2) is 0 Å². The molecule has 0 bridgehead atoms. The van der Waals surface area contributed by atoms with Gasteiger partial charge < -0.3 is 0 Å². The van der Waals surface area contributed by atoms with Gasteiger partial charge in [0.15, 0.2) is 0 Å². The first kappa shape index (κ1) is 11.1. The molecule has 0 nitrogen and oxygen atoms in total. The van der Waals surface area contributed by atoms with Crippen LogP contribution in [-0.4, -0.2) is 0 Å². The zero-order valence-corrected chi connectivity index (χ0v) is 11.3. The minimum absolute atomic E-state index is 0.527. The van der Waals surface area contributed by atoms with Gasteiger partial charge in [-0.3, -0.25) is 0 Å². The van der Waals surface area contributed by atoms with Crippen LogP contribution in [0.5, 0.6) is 0 Å². The van der Waals surface area contributed by atoms with Gasteiger partial charge in [0.25, 0.3) is 0 Å². The molecule has 0 radical (unpaired) electrons. The van der Waals surface area contributed by atoms with Gasteiger partial charge in [0.05, 0.1) is 0 Å². The van der Waals surface area contributed by atoms with Crippen molar-refractivity contribution >= 4 is 6.08 Å². The van der Waals surface area contributed by atoms with Gasteiger partial charge in [-0.2, -0.15) is 0 Å². The number of benzene rings is 1. The molecule has 0 N–H and O–H groups in total. The van der Waals surface area contributed by atoms with E-state index in [0.717, 1.165) is 0 Å². The van der Waals surface area contributed by atoms with Crippen LogP contribution >= 0.6 is 0 Å². The van der Waals surface area contributed by atoms with Crippen molar-refractivity contribution in [2.75, 3.05) is 0 Å². The first-order chi connectivity index (χ1) is 7.86. The molecule has 0 amide bonds. The Hall–Kier alpha value is -1.35. The molecular formula is C15H13Ir. The molecule has 0 heterocycles. The summed E-state index contributed by atoms with van der Waals surface area (Å²) in [5.41, 5.74) is 8.62. The number of rotatable bonds is 3. The van der Waals surface area contributed by atoms with E-state index >= 15 is 0 Å². The Balaban J connectivity index is 2.40. The molecule has 0 saturated carbocycles. The first-order valence-corrected chi connectivity index (χ1v) is 9.08. The van der Waals surface area contributed by atoms with Crippen molar-refractivity contribution in [1.29, 1.82) is 0 Å². The van der Waals surface area contributed by atoms with Crippen molar-refractivity contribution in [3.05, 3.63) is 75.3 Å². The maximum absolute atomic E-state index is 3.68. The average molecular weight is 385 g/mol. The van der Waals surface area contributed by atoms with E-state index in [1.807, 2.05) is 0 Å². The Labute approximate surface area is 102 Å².